The second-order valence-corrected chi connectivity index (χ2v) is 6.36. The van der Waals surface area contributed by atoms with Gasteiger partial charge in [-0.3, -0.25) is 0 Å². The number of fused-ring (bicyclic) bond motifs is 1. The first kappa shape index (κ1) is 14.4. The fourth-order valence-corrected chi connectivity index (χ4v) is 3.42. The fraction of sp³-hybridized carbons (Fsp3) is 0.267. The summed E-state index contributed by atoms with van der Waals surface area (Å²) in [6.07, 6.45) is 0.682. The quantitative estimate of drug-likeness (QED) is 0.641. The minimum absolute atomic E-state index is 0.273. The molecule has 0 aliphatic heterocycles. The topological polar surface area (TPSA) is 38.7 Å². The first-order valence-electron chi connectivity index (χ1n) is 6.59. The number of hydrogen-bond acceptors (Lipinski definition) is 4. The van der Waals surface area contributed by atoms with E-state index in [1.807, 2.05) is 20.8 Å². The van der Waals surface area contributed by atoms with Crippen molar-refractivity contribution in [2.75, 3.05) is 0 Å². The van der Waals surface area contributed by atoms with Gasteiger partial charge < -0.3 is 0 Å². The Kier molecular flexibility index (Phi) is 3.63. The third kappa shape index (κ3) is 2.51. The van der Waals surface area contributed by atoms with Crippen LogP contribution < -0.4 is 0 Å². The monoisotopic (exact) mass is 321 g/mol. The van der Waals surface area contributed by atoms with E-state index in [-0.39, 0.29) is 11.0 Å². The lowest BCUT2D eigenvalue weighted by atomic mass is 10.1. The van der Waals surface area contributed by atoms with Crippen LogP contribution in [0.2, 0.25) is 5.15 Å². The fourth-order valence-electron chi connectivity index (χ4n) is 2.34. The predicted octanol–water partition coefficient (Wildman–Crippen LogP) is 4.73. The number of benzene rings is 1. The highest BCUT2D eigenvalue weighted by Gasteiger charge is 2.15. The molecular weight excluding hydrogens is 309 g/mol. The molecule has 108 valence electrons. The van der Waals surface area contributed by atoms with E-state index < -0.39 is 0 Å². The largest absolute Gasteiger partial charge is 0.246 e. The van der Waals surface area contributed by atoms with Gasteiger partial charge in [-0.1, -0.05) is 18.5 Å². The van der Waals surface area contributed by atoms with Crippen LogP contribution in [0.4, 0.5) is 4.39 Å². The maximum absolute atomic E-state index is 13.6. The average Bonchev–Trinajstić information content (AvgIpc) is 2.77. The van der Waals surface area contributed by atoms with Crippen LogP contribution in [0.3, 0.4) is 0 Å². The van der Waals surface area contributed by atoms with Crippen LogP contribution in [0.15, 0.2) is 12.1 Å². The van der Waals surface area contributed by atoms with Gasteiger partial charge in [0.05, 0.1) is 21.1 Å². The first-order valence-corrected chi connectivity index (χ1v) is 7.79. The van der Waals surface area contributed by atoms with Crippen LogP contribution >= 0.6 is 22.9 Å². The molecule has 0 unspecified atom stereocenters. The molecule has 0 amide bonds. The number of aromatic nitrogens is 3. The summed E-state index contributed by atoms with van der Waals surface area (Å²) in [5, 5.41) is 1.78. The molecule has 2 aromatic heterocycles. The number of halogens is 2. The molecule has 0 bridgehead atoms. The number of hydrogen-bond donors (Lipinski definition) is 0. The third-order valence-electron chi connectivity index (χ3n) is 3.29. The van der Waals surface area contributed by atoms with Crippen LogP contribution in [-0.4, -0.2) is 15.0 Å². The summed E-state index contributed by atoms with van der Waals surface area (Å²) in [6.45, 7) is 5.83. The van der Waals surface area contributed by atoms with Crippen molar-refractivity contribution in [2.45, 2.75) is 27.2 Å². The molecule has 0 aliphatic rings. The summed E-state index contributed by atoms with van der Waals surface area (Å²) in [6, 6.07) is 2.88. The van der Waals surface area contributed by atoms with Crippen LogP contribution in [-0.2, 0) is 6.42 Å². The normalized spacial score (nSPS) is 11.3. The minimum atomic E-state index is -0.317. The van der Waals surface area contributed by atoms with Gasteiger partial charge in [-0.05, 0) is 38.0 Å². The third-order valence-corrected chi connectivity index (χ3v) is 4.64. The van der Waals surface area contributed by atoms with Gasteiger partial charge >= 0.3 is 0 Å². The molecule has 3 aromatic rings. The van der Waals surface area contributed by atoms with Gasteiger partial charge in [0.25, 0.3) is 0 Å². The van der Waals surface area contributed by atoms with E-state index in [1.165, 1.54) is 23.5 Å². The Morgan fingerprint density at radius 2 is 1.95 bits per heavy atom. The molecule has 0 radical (unpaired) electrons. The summed E-state index contributed by atoms with van der Waals surface area (Å²) in [5.41, 5.74) is 2.42. The molecule has 0 fully saturated rings. The average molecular weight is 322 g/mol. The van der Waals surface area contributed by atoms with Gasteiger partial charge in [0, 0.05) is 5.39 Å². The maximum Gasteiger partial charge on any atom is 0.173 e. The lowest BCUT2D eigenvalue weighted by Gasteiger charge is -2.07. The van der Waals surface area contributed by atoms with E-state index in [1.54, 1.807) is 0 Å². The van der Waals surface area contributed by atoms with Crippen LogP contribution in [0.5, 0.6) is 0 Å². The Morgan fingerprint density at radius 3 is 2.57 bits per heavy atom. The highest BCUT2D eigenvalue weighted by Crippen LogP contribution is 2.32. The first-order chi connectivity index (χ1) is 9.99. The predicted molar refractivity (Wildman–Crippen MR) is 84.5 cm³/mol. The van der Waals surface area contributed by atoms with Crippen LogP contribution in [0, 0.1) is 19.7 Å². The summed E-state index contributed by atoms with van der Waals surface area (Å²) in [4.78, 5) is 14.2. The van der Waals surface area contributed by atoms with Crippen LogP contribution in [0.1, 0.15) is 23.2 Å². The van der Waals surface area contributed by atoms with E-state index in [9.17, 15) is 4.39 Å². The molecule has 0 spiro atoms. The molecule has 3 rings (SSSR count). The molecule has 21 heavy (non-hydrogen) atoms. The molecule has 0 saturated carbocycles. The zero-order valence-electron chi connectivity index (χ0n) is 11.9. The lowest BCUT2D eigenvalue weighted by molar-refractivity contribution is 0.627. The van der Waals surface area contributed by atoms with Gasteiger partial charge in [0.2, 0.25) is 0 Å². The van der Waals surface area contributed by atoms with E-state index in [4.69, 9.17) is 11.6 Å². The molecule has 6 heteroatoms. The zero-order valence-corrected chi connectivity index (χ0v) is 13.4. The summed E-state index contributed by atoms with van der Waals surface area (Å²) in [5.74, 6) is 0.235. The summed E-state index contributed by atoms with van der Waals surface area (Å²) >= 11 is 7.77. The van der Waals surface area contributed by atoms with Gasteiger partial charge in [-0.15, -0.1) is 11.3 Å². The van der Waals surface area contributed by atoms with Gasteiger partial charge in [0.15, 0.2) is 5.82 Å². The highest BCUT2D eigenvalue weighted by molar-refractivity contribution is 7.15. The van der Waals surface area contributed by atoms with Gasteiger partial charge in [-0.2, -0.15) is 0 Å². The Bertz CT molecular complexity index is 845. The molecule has 0 N–H and O–H groups in total. The molecule has 2 heterocycles. The van der Waals surface area contributed by atoms with Crippen molar-refractivity contribution in [2.24, 2.45) is 0 Å². The molecule has 0 aliphatic carbocycles. The Hall–Kier alpha value is -1.59. The van der Waals surface area contributed by atoms with Crippen LogP contribution in [0.25, 0.3) is 21.6 Å². The Labute approximate surface area is 130 Å². The maximum atomic E-state index is 13.6. The molecule has 1 aromatic carbocycles. The number of thiazole rings is 1. The highest BCUT2D eigenvalue weighted by atomic mass is 35.5. The standard InChI is InChI=1S/C15H13ClFN3S/c1-4-9-5-10(17)6-11-12(9)19-15(20-14(11)16)13-7(2)18-8(3)21-13/h5-6H,4H2,1-3H3. The minimum Gasteiger partial charge on any atom is -0.246 e. The Balaban J connectivity index is 2.32. The van der Waals surface area contributed by atoms with Crippen molar-refractivity contribution >= 4 is 33.8 Å². The summed E-state index contributed by atoms with van der Waals surface area (Å²) in [7, 11) is 0. The van der Waals surface area contributed by atoms with Crippen molar-refractivity contribution in [3.8, 4) is 10.7 Å². The van der Waals surface area contributed by atoms with E-state index in [2.05, 4.69) is 15.0 Å². The molecule has 0 atom stereocenters. The van der Waals surface area contributed by atoms with Crippen molar-refractivity contribution in [3.05, 3.63) is 39.4 Å². The van der Waals surface area contributed by atoms with Crippen molar-refractivity contribution in [1.29, 1.82) is 0 Å². The molecule has 0 saturated heterocycles. The summed E-state index contributed by atoms with van der Waals surface area (Å²) < 4.78 is 13.6. The van der Waals surface area contributed by atoms with E-state index in [0.29, 0.717) is 23.1 Å². The number of aryl methyl sites for hydroxylation is 3. The second kappa shape index (κ2) is 5.31. The Morgan fingerprint density at radius 1 is 1.19 bits per heavy atom. The van der Waals surface area contributed by atoms with Gasteiger partial charge in [-0.25, -0.2) is 19.3 Å². The SMILES string of the molecule is CCc1cc(F)cc2c(Cl)nc(-c3sc(C)nc3C)nc12. The van der Waals surface area contributed by atoms with Crippen molar-refractivity contribution in [1.82, 2.24) is 15.0 Å². The lowest BCUT2D eigenvalue weighted by Crippen LogP contribution is -1.96. The van der Waals surface area contributed by atoms with Crippen molar-refractivity contribution in [3.63, 3.8) is 0 Å². The zero-order chi connectivity index (χ0) is 15.1. The molecule has 3 nitrogen and oxygen atoms in total. The second-order valence-electron chi connectivity index (χ2n) is 4.80. The number of nitrogens with zero attached hydrogens (tertiary/aromatic N) is 3. The van der Waals surface area contributed by atoms with E-state index >= 15 is 0 Å². The molecular formula is C15H13ClFN3S. The number of rotatable bonds is 2. The van der Waals surface area contributed by atoms with Crippen molar-refractivity contribution < 1.29 is 4.39 Å². The van der Waals surface area contributed by atoms with Gasteiger partial charge in [0.1, 0.15) is 11.0 Å². The van der Waals surface area contributed by atoms with E-state index in [0.717, 1.165) is 21.1 Å². The smallest absolute Gasteiger partial charge is 0.173 e.